The van der Waals surface area contributed by atoms with Crippen LogP contribution in [0, 0.1) is 5.92 Å². The van der Waals surface area contributed by atoms with Crippen LogP contribution in [0.4, 0.5) is 0 Å². The average Bonchev–Trinajstić information content (AvgIpc) is 2.24. The van der Waals surface area contributed by atoms with Crippen LogP contribution in [0.3, 0.4) is 0 Å². The zero-order valence-electron chi connectivity index (χ0n) is 9.15. The topological polar surface area (TPSA) is 29.5 Å². The van der Waals surface area contributed by atoms with Crippen LogP contribution in [0.5, 0.6) is 0 Å². The molecule has 0 aliphatic carbocycles. The third-order valence-electron chi connectivity index (χ3n) is 3.56. The van der Waals surface area contributed by atoms with E-state index in [4.69, 9.17) is 4.74 Å². The number of hydrogen-bond donors (Lipinski definition) is 1. The van der Waals surface area contributed by atoms with E-state index >= 15 is 0 Å². The maximum atomic E-state index is 9.43. The summed E-state index contributed by atoms with van der Waals surface area (Å²) in [5.41, 5.74) is 1.36. The number of hydrogen-bond acceptors (Lipinski definition) is 2. The maximum absolute atomic E-state index is 9.43. The number of aliphatic hydroxyl groups is 1. The minimum Gasteiger partial charge on any atom is -0.396 e. The van der Waals surface area contributed by atoms with Gasteiger partial charge in [-0.3, -0.25) is 0 Å². The molecule has 0 saturated carbocycles. The SMILES string of the molecule is CCC(CO)C1(c2ccccc2)COC1. The summed E-state index contributed by atoms with van der Waals surface area (Å²) in [6, 6.07) is 10.4. The van der Waals surface area contributed by atoms with Crippen LogP contribution in [-0.4, -0.2) is 24.9 Å². The molecule has 2 heteroatoms. The van der Waals surface area contributed by atoms with E-state index in [-0.39, 0.29) is 12.0 Å². The molecular formula is C13H18O2. The van der Waals surface area contributed by atoms with Gasteiger partial charge in [0.1, 0.15) is 0 Å². The molecular weight excluding hydrogens is 188 g/mol. The quantitative estimate of drug-likeness (QED) is 0.816. The first-order valence-electron chi connectivity index (χ1n) is 5.57. The molecule has 0 aromatic heterocycles. The predicted molar refractivity (Wildman–Crippen MR) is 59.8 cm³/mol. The average molecular weight is 206 g/mol. The Hall–Kier alpha value is -0.860. The van der Waals surface area contributed by atoms with E-state index in [0.29, 0.717) is 5.92 Å². The number of rotatable bonds is 4. The molecule has 2 rings (SSSR count). The van der Waals surface area contributed by atoms with Crippen molar-refractivity contribution < 1.29 is 9.84 Å². The van der Waals surface area contributed by atoms with Crippen molar-refractivity contribution in [2.45, 2.75) is 18.8 Å². The van der Waals surface area contributed by atoms with Gasteiger partial charge in [0, 0.05) is 12.0 Å². The van der Waals surface area contributed by atoms with Gasteiger partial charge in [0.2, 0.25) is 0 Å². The first kappa shape index (κ1) is 10.7. The molecule has 1 heterocycles. The smallest absolute Gasteiger partial charge is 0.0589 e. The third kappa shape index (κ3) is 1.68. The van der Waals surface area contributed by atoms with Crippen molar-refractivity contribution >= 4 is 0 Å². The van der Waals surface area contributed by atoms with Gasteiger partial charge in [-0.1, -0.05) is 43.7 Å². The van der Waals surface area contributed by atoms with Crippen LogP contribution in [-0.2, 0) is 10.2 Å². The summed E-state index contributed by atoms with van der Waals surface area (Å²) in [5, 5.41) is 9.43. The standard InChI is InChI=1S/C13H18O2/c1-2-11(8-14)13(9-15-10-13)12-6-4-3-5-7-12/h3-7,11,14H,2,8-10H2,1H3. The van der Waals surface area contributed by atoms with E-state index in [9.17, 15) is 5.11 Å². The van der Waals surface area contributed by atoms with Crippen molar-refractivity contribution in [3.05, 3.63) is 35.9 Å². The molecule has 0 spiro atoms. The van der Waals surface area contributed by atoms with E-state index in [1.807, 2.05) is 6.07 Å². The molecule has 0 amide bonds. The van der Waals surface area contributed by atoms with Crippen LogP contribution < -0.4 is 0 Å². The lowest BCUT2D eigenvalue weighted by Gasteiger charge is -2.47. The minimum atomic E-state index is 0.0603. The van der Waals surface area contributed by atoms with Crippen molar-refractivity contribution in [3.63, 3.8) is 0 Å². The number of ether oxygens (including phenoxy) is 1. The molecule has 1 aliphatic rings. The molecule has 82 valence electrons. The summed E-state index contributed by atoms with van der Waals surface area (Å²) in [6.07, 6.45) is 0.995. The van der Waals surface area contributed by atoms with E-state index < -0.39 is 0 Å². The molecule has 2 nitrogen and oxygen atoms in total. The lowest BCUT2D eigenvalue weighted by Crippen LogP contribution is -2.53. The maximum Gasteiger partial charge on any atom is 0.0589 e. The predicted octanol–water partition coefficient (Wildman–Crippen LogP) is 1.97. The Morgan fingerprint density at radius 1 is 1.33 bits per heavy atom. The van der Waals surface area contributed by atoms with Gasteiger partial charge in [-0.2, -0.15) is 0 Å². The van der Waals surface area contributed by atoms with E-state index in [0.717, 1.165) is 19.6 Å². The molecule has 1 fully saturated rings. The normalized spacial score (nSPS) is 20.7. The molecule has 1 N–H and O–H groups in total. The van der Waals surface area contributed by atoms with Crippen LogP contribution >= 0.6 is 0 Å². The Bertz CT molecular complexity index is 300. The molecule has 1 unspecified atom stereocenters. The van der Waals surface area contributed by atoms with Gasteiger partial charge in [0.05, 0.1) is 13.2 Å². The summed E-state index contributed by atoms with van der Waals surface area (Å²) in [6.45, 7) is 3.87. The molecule has 15 heavy (non-hydrogen) atoms. The fourth-order valence-corrected chi connectivity index (χ4v) is 2.42. The Morgan fingerprint density at radius 3 is 2.40 bits per heavy atom. The highest BCUT2D eigenvalue weighted by atomic mass is 16.5. The van der Waals surface area contributed by atoms with E-state index in [2.05, 4.69) is 31.2 Å². The van der Waals surface area contributed by atoms with Crippen molar-refractivity contribution in [2.75, 3.05) is 19.8 Å². The Kier molecular flexibility index (Phi) is 3.08. The van der Waals surface area contributed by atoms with Gasteiger partial charge in [0.25, 0.3) is 0 Å². The zero-order chi connectivity index (χ0) is 10.7. The fraction of sp³-hybridized carbons (Fsp3) is 0.538. The molecule has 0 radical (unpaired) electrons. The fourth-order valence-electron chi connectivity index (χ4n) is 2.42. The second-order valence-corrected chi connectivity index (χ2v) is 4.30. The highest BCUT2D eigenvalue weighted by molar-refractivity contribution is 5.29. The minimum absolute atomic E-state index is 0.0603. The molecule has 1 aliphatic heterocycles. The van der Waals surface area contributed by atoms with Crippen molar-refractivity contribution in [1.82, 2.24) is 0 Å². The Labute approximate surface area is 90.9 Å². The van der Waals surface area contributed by atoms with Gasteiger partial charge in [-0.25, -0.2) is 0 Å². The monoisotopic (exact) mass is 206 g/mol. The molecule has 0 bridgehead atoms. The van der Waals surface area contributed by atoms with Crippen LogP contribution in [0.1, 0.15) is 18.9 Å². The van der Waals surface area contributed by atoms with Gasteiger partial charge in [-0.05, 0) is 11.5 Å². The van der Waals surface area contributed by atoms with Crippen LogP contribution in [0.2, 0.25) is 0 Å². The number of aliphatic hydroxyl groups excluding tert-OH is 1. The van der Waals surface area contributed by atoms with E-state index in [1.165, 1.54) is 5.56 Å². The molecule has 1 aromatic carbocycles. The Balaban J connectivity index is 2.29. The van der Waals surface area contributed by atoms with Gasteiger partial charge < -0.3 is 9.84 Å². The molecule has 1 aromatic rings. The first-order valence-corrected chi connectivity index (χ1v) is 5.57. The molecule has 1 atom stereocenters. The first-order chi connectivity index (χ1) is 7.33. The van der Waals surface area contributed by atoms with E-state index in [1.54, 1.807) is 0 Å². The highest BCUT2D eigenvalue weighted by Gasteiger charge is 2.45. The van der Waals surface area contributed by atoms with Gasteiger partial charge >= 0.3 is 0 Å². The third-order valence-corrected chi connectivity index (χ3v) is 3.56. The lowest BCUT2D eigenvalue weighted by molar-refractivity contribution is -0.101. The van der Waals surface area contributed by atoms with Crippen molar-refractivity contribution in [2.24, 2.45) is 5.92 Å². The summed E-state index contributed by atoms with van der Waals surface area (Å²) in [5.74, 6) is 0.314. The molecule has 1 saturated heterocycles. The summed E-state index contributed by atoms with van der Waals surface area (Å²) < 4.78 is 5.37. The largest absolute Gasteiger partial charge is 0.396 e. The highest BCUT2D eigenvalue weighted by Crippen LogP contribution is 2.40. The lowest BCUT2D eigenvalue weighted by atomic mass is 9.68. The van der Waals surface area contributed by atoms with Crippen LogP contribution in [0.25, 0.3) is 0 Å². The van der Waals surface area contributed by atoms with Gasteiger partial charge in [0.15, 0.2) is 0 Å². The van der Waals surface area contributed by atoms with Crippen molar-refractivity contribution in [3.8, 4) is 0 Å². The summed E-state index contributed by atoms with van der Waals surface area (Å²) >= 11 is 0. The van der Waals surface area contributed by atoms with Crippen molar-refractivity contribution in [1.29, 1.82) is 0 Å². The second-order valence-electron chi connectivity index (χ2n) is 4.30. The zero-order valence-corrected chi connectivity index (χ0v) is 9.15. The summed E-state index contributed by atoms with van der Waals surface area (Å²) in [4.78, 5) is 0. The Morgan fingerprint density at radius 2 is 2.00 bits per heavy atom. The second kappa shape index (κ2) is 4.33. The summed E-state index contributed by atoms with van der Waals surface area (Å²) in [7, 11) is 0. The van der Waals surface area contributed by atoms with Crippen LogP contribution in [0.15, 0.2) is 30.3 Å². The number of benzene rings is 1. The van der Waals surface area contributed by atoms with Gasteiger partial charge in [-0.15, -0.1) is 0 Å².